The molecule has 0 radical (unpaired) electrons. The summed E-state index contributed by atoms with van der Waals surface area (Å²) in [6, 6.07) is 1.67. The average Bonchev–Trinajstić information content (AvgIpc) is 3.02. The van der Waals surface area contributed by atoms with E-state index in [1.807, 2.05) is 18.5 Å². The number of carbonyl (C=O) groups excluding carboxylic acids is 1. The lowest BCUT2D eigenvalue weighted by molar-refractivity contribution is 0.239. The van der Waals surface area contributed by atoms with Gasteiger partial charge >= 0.3 is 6.03 Å². The predicted molar refractivity (Wildman–Crippen MR) is 73.8 cm³/mol. The van der Waals surface area contributed by atoms with E-state index in [4.69, 9.17) is 0 Å². The first-order chi connectivity index (χ1) is 9.19. The minimum atomic E-state index is -0.202. The first kappa shape index (κ1) is 13.5. The van der Waals surface area contributed by atoms with Gasteiger partial charge in [0.1, 0.15) is 0 Å². The zero-order valence-electron chi connectivity index (χ0n) is 11.0. The molecular formula is C12H17N5OS. The van der Waals surface area contributed by atoms with E-state index in [0.717, 1.165) is 22.8 Å². The summed E-state index contributed by atoms with van der Waals surface area (Å²) in [7, 11) is 1.84. The standard InChI is InChI=1S/C12H17N5OS/c1-3-11-16-9(8-19-11)6-13-12(18)14-7-10-4-5-15-17(10)2/h4-5,8H,3,6-7H2,1-2H3,(H2,13,14,18). The zero-order chi connectivity index (χ0) is 13.7. The van der Waals surface area contributed by atoms with Crippen LogP contribution in [0.5, 0.6) is 0 Å². The van der Waals surface area contributed by atoms with Crippen molar-refractivity contribution < 1.29 is 4.79 Å². The maximum atomic E-state index is 11.6. The van der Waals surface area contributed by atoms with Gasteiger partial charge in [0, 0.05) is 18.6 Å². The van der Waals surface area contributed by atoms with E-state index < -0.39 is 0 Å². The molecule has 0 aliphatic rings. The monoisotopic (exact) mass is 279 g/mol. The Morgan fingerprint density at radius 3 is 2.84 bits per heavy atom. The molecule has 0 unspecified atom stereocenters. The lowest BCUT2D eigenvalue weighted by Gasteiger charge is -2.06. The minimum absolute atomic E-state index is 0.202. The SMILES string of the molecule is CCc1nc(CNC(=O)NCc2ccnn2C)cs1. The van der Waals surface area contributed by atoms with Gasteiger partial charge in [0.05, 0.1) is 29.5 Å². The normalized spacial score (nSPS) is 10.4. The second kappa shape index (κ2) is 6.33. The Labute approximate surface area is 115 Å². The first-order valence-electron chi connectivity index (χ1n) is 6.11. The number of amides is 2. The number of urea groups is 1. The molecule has 0 aliphatic heterocycles. The van der Waals surface area contributed by atoms with Crippen LogP contribution in [0.4, 0.5) is 4.79 Å². The zero-order valence-corrected chi connectivity index (χ0v) is 11.8. The lowest BCUT2D eigenvalue weighted by Crippen LogP contribution is -2.35. The molecule has 2 N–H and O–H groups in total. The Hall–Kier alpha value is -1.89. The summed E-state index contributed by atoms with van der Waals surface area (Å²) in [4.78, 5) is 16.0. The molecule has 102 valence electrons. The van der Waals surface area contributed by atoms with Gasteiger partial charge in [-0.25, -0.2) is 9.78 Å². The Morgan fingerprint density at radius 1 is 1.42 bits per heavy atom. The lowest BCUT2D eigenvalue weighted by atomic mass is 10.4. The van der Waals surface area contributed by atoms with E-state index in [-0.39, 0.29) is 6.03 Å². The maximum absolute atomic E-state index is 11.6. The highest BCUT2D eigenvalue weighted by Gasteiger charge is 2.05. The molecule has 0 bridgehead atoms. The van der Waals surface area contributed by atoms with Crippen LogP contribution in [0.2, 0.25) is 0 Å². The highest BCUT2D eigenvalue weighted by molar-refractivity contribution is 7.09. The molecule has 2 heterocycles. The van der Waals surface area contributed by atoms with Crippen molar-refractivity contribution in [1.29, 1.82) is 0 Å². The van der Waals surface area contributed by atoms with Crippen molar-refractivity contribution in [3.63, 3.8) is 0 Å². The number of hydrogen-bond donors (Lipinski definition) is 2. The molecule has 19 heavy (non-hydrogen) atoms. The van der Waals surface area contributed by atoms with Crippen LogP contribution in [0, 0.1) is 0 Å². The van der Waals surface area contributed by atoms with Gasteiger partial charge in [-0.2, -0.15) is 5.10 Å². The molecule has 0 spiro atoms. The summed E-state index contributed by atoms with van der Waals surface area (Å²) < 4.78 is 1.73. The van der Waals surface area contributed by atoms with Crippen molar-refractivity contribution in [2.24, 2.45) is 7.05 Å². The van der Waals surface area contributed by atoms with Crippen LogP contribution >= 0.6 is 11.3 Å². The molecule has 2 aromatic heterocycles. The summed E-state index contributed by atoms with van der Waals surface area (Å²) in [5, 5.41) is 12.7. The number of nitrogens with zero attached hydrogens (tertiary/aromatic N) is 3. The third-order valence-electron chi connectivity index (χ3n) is 2.68. The highest BCUT2D eigenvalue weighted by Crippen LogP contribution is 2.09. The first-order valence-corrected chi connectivity index (χ1v) is 6.99. The minimum Gasteiger partial charge on any atom is -0.333 e. The smallest absolute Gasteiger partial charge is 0.315 e. The van der Waals surface area contributed by atoms with Crippen molar-refractivity contribution in [3.05, 3.63) is 34.0 Å². The van der Waals surface area contributed by atoms with Crippen molar-refractivity contribution in [3.8, 4) is 0 Å². The molecule has 0 aliphatic carbocycles. The van der Waals surface area contributed by atoms with Gasteiger partial charge in [-0.3, -0.25) is 4.68 Å². The quantitative estimate of drug-likeness (QED) is 0.870. The molecule has 0 saturated carbocycles. The van der Waals surface area contributed by atoms with Gasteiger partial charge in [-0.15, -0.1) is 11.3 Å². The second-order valence-corrected chi connectivity index (χ2v) is 5.01. The van der Waals surface area contributed by atoms with Crippen LogP contribution in [0.15, 0.2) is 17.6 Å². The summed E-state index contributed by atoms with van der Waals surface area (Å²) in [5.41, 5.74) is 1.86. The van der Waals surface area contributed by atoms with Crippen LogP contribution in [0.3, 0.4) is 0 Å². The largest absolute Gasteiger partial charge is 0.333 e. The van der Waals surface area contributed by atoms with E-state index in [0.29, 0.717) is 13.1 Å². The maximum Gasteiger partial charge on any atom is 0.315 e. The van der Waals surface area contributed by atoms with E-state index in [2.05, 4.69) is 27.6 Å². The number of nitrogens with one attached hydrogen (secondary N) is 2. The third-order valence-corrected chi connectivity index (χ3v) is 3.73. The average molecular weight is 279 g/mol. The second-order valence-electron chi connectivity index (χ2n) is 4.07. The number of carbonyl (C=O) groups is 1. The Kier molecular flexibility index (Phi) is 4.51. The van der Waals surface area contributed by atoms with Gasteiger partial charge in [0.15, 0.2) is 0 Å². The third kappa shape index (κ3) is 3.78. The summed E-state index contributed by atoms with van der Waals surface area (Å²) >= 11 is 1.62. The van der Waals surface area contributed by atoms with Crippen molar-refractivity contribution in [2.45, 2.75) is 26.4 Å². The Morgan fingerprint density at radius 2 is 2.21 bits per heavy atom. The number of rotatable bonds is 5. The van der Waals surface area contributed by atoms with Crippen LogP contribution in [0.1, 0.15) is 23.3 Å². The Bertz CT molecular complexity index is 548. The van der Waals surface area contributed by atoms with E-state index in [1.54, 1.807) is 22.2 Å². The fourth-order valence-electron chi connectivity index (χ4n) is 1.57. The van der Waals surface area contributed by atoms with Crippen LogP contribution in [-0.2, 0) is 26.6 Å². The summed E-state index contributed by atoms with van der Waals surface area (Å²) in [6.07, 6.45) is 2.63. The van der Waals surface area contributed by atoms with Crippen molar-refractivity contribution >= 4 is 17.4 Å². The summed E-state index contributed by atoms with van der Waals surface area (Å²) in [6.45, 7) is 2.98. The van der Waals surface area contributed by atoms with Gasteiger partial charge in [0.2, 0.25) is 0 Å². The number of aryl methyl sites for hydroxylation is 2. The van der Waals surface area contributed by atoms with Crippen LogP contribution < -0.4 is 10.6 Å². The number of hydrogen-bond acceptors (Lipinski definition) is 4. The molecule has 0 aromatic carbocycles. The number of aromatic nitrogens is 3. The van der Waals surface area contributed by atoms with Gasteiger partial charge < -0.3 is 10.6 Å². The van der Waals surface area contributed by atoms with Crippen LogP contribution in [-0.4, -0.2) is 20.8 Å². The molecule has 2 aromatic rings. The summed E-state index contributed by atoms with van der Waals surface area (Å²) in [5.74, 6) is 0. The molecule has 6 nitrogen and oxygen atoms in total. The van der Waals surface area contributed by atoms with Gasteiger partial charge in [0.25, 0.3) is 0 Å². The fraction of sp³-hybridized carbons (Fsp3) is 0.417. The fourth-order valence-corrected chi connectivity index (χ4v) is 2.32. The highest BCUT2D eigenvalue weighted by atomic mass is 32.1. The predicted octanol–water partition coefficient (Wildman–Crippen LogP) is 1.44. The van der Waals surface area contributed by atoms with Crippen molar-refractivity contribution in [2.75, 3.05) is 0 Å². The van der Waals surface area contributed by atoms with Gasteiger partial charge in [-0.05, 0) is 12.5 Å². The number of thiazole rings is 1. The Balaban J connectivity index is 1.74. The molecule has 7 heteroatoms. The van der Waals surface area contributed by atoms with E-state index >= 15 is 0 Å². The molecular weight excluding hydrogens is 262 g/mol. The molecule has 0 saturated heterocycles. The molecule has 0 fully saturated rings. The molecule has 0 atom stereocenters. The van der Waals surface area contributed by atoms with Crippen LogP contribution in [0.25, 0.3) is 0 Å². The molecule has 2 amide bonds. The van der Waals surface area contributed by atoms with E-state index in [1.165, 1.54) is 0 Å². The van der Waals surface area contributed by atoms with E-state index in [9.17, 15) is 4.79 Å². The van der Waals surface area contributed by atoms with Crippen molar-refractivity contribution in [1.82, 2.24) is 25.4 Å². The van der Waals surface area contributed by atoms with Gasteiger partial charge in [-0.1, -0.05) is 6.92 Å². The molecule has 2 rings (SSSR count). The topological polar surface area (TPSA) is 71.8 Å².